The molecule has 0 aromatic rings. The molecule has 1 saturated carbocycles. The van der Waals surface area contributed by atoms with Crippen LogP contribution in [0.1, 0.15) is 25.7 Å². The van der Waals surface area contributed by atoms with Crippen molar-refractivity contribution >= 4 is 0 Å². The molecule has 2 heterocycles. The van der Waals surface area contributed by atoms with E-state index in [4.69, 9.17) is 0 Å². The molecule has 0 amide bonds. The third-order valence-electron chi connectivity index (χ3n) is 4.73. The molecule has 3 aliphatic rings. The maximum Gasteiger partial charge on any atom is 0.116 e. The van der Waals surface area contributed by atoms with Crippen molar-refractivity contribution in [3.8, 4) is 0 Å². The summed E-state index contributed by atoms with van der Waals surface area (Å²) in [4.78, 5) is 0. The number of piperidine rings is 2. The first-order chi connectivity index (χ1) is 7.32. The van der Waals surface area contributed by atoms with Crippen molar-refractivity contribution in [1.82, 2.24) is 10.6 Å². The van der Waals surface area contributed by atoms with Crippen LogP contribution in [0.5, 0.6) is 0 Å². The molecule has 0 bridgehead atoms. The standard InChI is InChI=1S/C12H21FN2/c13-11-7-14-5-2-9(11)10-6-12(10)3-1-4-15-8-12/h9-11,14-15H,1-8H2. The van der Waals surface area contributed by atoms with E-state index >= 15 is 0 Å². The molecule has 0 aromatic heterocycles. The number of nitrogens with one attached hydrogen (secondary N) is 2. The van der Waals surface area contributed by atoms with Gasteiger partial charge >= 0.3 is 0 Å². The van der Waals surface area contributed by atoms with Crippen LogP contribution >= 0.6 is 0 Å². The number of rotatable bonds is 1. The molecular formula is C12H21FN2. The minimum atomic E-state index is -0.593. The van der Waals surface area contributed by atoms with E-state index in [0.717, 1.165) is 19.5 Å². The summed E-state index contributed by atoms with van der Waals surface area (Å²) in [7, 11) is 0. The van der Waals surface area contributed by atoms with Crippen LogP contribution in [0, 0.1) is 17.3 Å². The first kappa shape index (κ1) is 10.0. The molecular weight excluding hydrogens is 191 g/mol. The summed E-state index contributed by atoms with van der Waals surface area (Å²) in [6.07, 6.45) is 4.36. The Balaban J connectivity index is 1.64. The van der Waals surface area contributed by atoms with Crippen molar-refractivity contribution in [2.24, 2.45) is 17.3 Å². The quantitative estimate of drug-likeness (QED) is 0.685. The lowest BCUT2D eigenvalue weighted by atomic mass is 9.83. The lowest BCUT2D eigenvalue weighted by Gasteiger charge is -2.31. The van der Waals surface area contributed by atoms with Gasteiger partial charge in [0.25, 0.3) is 0 Å². The largest absolute Gasteiger partial charge is 0.316 e. The summed E-state index contributed by atoms with van der Waals surface area (Å²) in [5, 5.41) is 6.63. The van der Waals surface area contributed by atoms with Gasteiger partial charge in [0, 0.05) is 13.1 Å². The Hall–Kier alpha value is -0.150. The number of hydrogen-bond acceptors (Lipinski definition) is 2. The zero-order chi connectivity index (χ0) is 10.3. The Morgan fingerprint density at radius 1 is 1.20 bits per heavy atom. The lowest BCUT2D eigenvalue weighted by Crippen LogP contribution is -2.41. The maximum atomic E-state index is 13.8. The van der Waals surface area contributed by atoms with Crippen molar-refractivity contribution in [3.63, 3.8) is 0 Å². The van der Waals surface area contributed by atoms with Crippen molar-refractivity contribution in [2.75, 3.05) is 26.2 Å². The average Bonchev–Trinajstić information content (AvgIpc) is 2.94. The maximum absolute atomic E-state index is 13.8. The van der Waals surface area contributed by atoms with Gasteiger partial charge in [-0.2, -0.15) is 0 Å². The summed E-state index contributed by atoms with van der Waals surface area (Å²) >= 11 is 0. The second-order valence-corrected chi connectivity index (χ2v) is 5.63. The van der Waals surface area contributed by atoms with Gasteiger partial charge in [-0.05, 0) is 56.0 Å². The highest BCUT2D eigenvalue weighted by atomic mass is 19.1. The number of hydrogen-bond donors (Lipinski definition) is 2. The number of alkyl halides is 1. The second kappa shape index (κ2) is 3.70. The highest BCUT2D eigenvalue weighted by molar-refractivity contribution is 5.09. The zero-order valence-corrected chi connectivity index (χ0v) is 9.27. The van der Waals surface area contributed by atoms with E-state index in [0.29, 0.717) is 23.8 Å². The van der Waals surface area contributed by atoms with Gasteiger partial charge in [0.1, 0.15) is 6.17 Å². The SMILES string of the molecule is FC1CNCCC1C1CC12CCCNC2. The molecule has 2 saturated heterocycles. The zero-order valence-electron chi connectivity index (χ0n) is 9.27. The van der Waals surface area contributed by atoms with Gasteiger partial charge in [0.05, 0.1) is 0 Å². The van der Waals surface area contributed by atoms with Gasteiger partial charge in [-0.25, -0.2) is 4.39 Å². The van der Waals surface area contributed by atoms with Crippen LogP contribution < -0.4 is 10.6 Å². The third-order valence-corrected chi connectivity index (χ3v) is 4.73. The molecule has 2 nitrogen and oxygen atoms in total. The number of halogens is 1. The van der Waals surface area contributed by atoms with Crippen LogP contribution in [-0.2, 0) is 0 Å². The van der Waals surface area contributed by atoms with Crippen LogP contribution in [0.25, 0.3) is 0 Å². The molecule has 15 heavy (non-hydrogen) atoms. The Labute approximate surface area is 91.0 Å². The third kappa shape index (κ3) is 1.70. The van der Waals surface area contributed by atoms with Gasteiger partial charge in [0.2, 0.25) is 0 Å². The van der Waals surface area contributed by atoms with Gasteiger partial charge in [-0.15, -0.1) is 0 Å². The monoisotopic (exact) mass is 212 g/mol. The summed E-state index contributed by atoms with van der Waals surface area (Å²) in [6, 6.07) is 0. The molecule has 1 spiro atoms. The fourth-order valence-corrected chi connectivity index (χ4v) is 3.76. The molecule has 3 heteroatoms. The molecule has 0 radical (unpaired) electrons. The van der Waals surface area contributed by atoms with Crippen LogP contribution in [0.2, 0.25) is 0 Å². The van der Waals surface area contributed by atoms with Gasteiger partial charge in [0.15, 0.2) is 0 Å². The topological polar surface area (TPSA) is 24.1 Å². The van der Waals surface area contributed by atoms with E-state index in [1.54, 1.807) is 0 Å². The smallest absolute Gasteiger partial charge is 0.116 e. The molecule has 2 aliphatic heterocycles. The van der Waals surface area contributed by atoms with E-state index in [-0.39, 0.29) is 0 Å². The van der Waals surface area contributed by atoms with E-state index in [1.165, 1.54) is 25.8 Å². The molecule has 2 N–H and O–H groups in total. The lowest BCUT2D eigenvalue weighted by molar-refractivity contribution is 0.138. The highest BCUT2D eigenvalue weighted by Crippen LogP contribution is 2.61. The molecule has 3 rings (SSSR count). The molecule has 1 aliphatic carbocycles. The minimum absolute atomic E-state index is 0.353. The highest BCUT2D eigenvalue weighted by Gasteiger charge is 2.58. The summed E-state index contributed by atoms with van der Waals surface area (Å²) in [6.45, 7) is 3.92. The predicted octanol–water partition coefficient (Wildman–Crippen LogP) is 1.32. The molecule has 86 valence electrons. The van der Waals surface area contributed by atoms with Gasteiger partial charge in [-0.1, -0.05) is 0 Å². The molecule has 0 aromatic carbocycles. The van der Waals surface area contributed by atoms with Gasteiger partial charge in [-0.3, -0.25) is 0 Å². The van der Waals surface area contributed by atoms with Crippen molar-refractivity contribution in [3.05, 3.63) is 0 Å². The molecule has 4 unspecified atom stereocenters. The van der Waals surface area contributed by atoms with E-state index < -0.39 is 6.17 Å². The van der Waals surface area contributed by atoms with Crippen LogP contribution in [0.15, 0.2) is 0 Å². The Morgan fingerprint density at radius 3 is 2.87 bits per heavy atom. The Kier molecular flexibility index (Phi) is 2.48. The van der Waals surface area contributed by atoms with Crippen molar-refractivity contribution < 1.29 is 4.39 Å². The fraction of sp³-hybridized carbons (Fsp3) is 1.00. The van der Waals surface area contributed by atoms with Crippen LogP contribution in [-0.4, -0.2) is 32.4 Å². The van der Waals surface area contributed by atoms with Crippen molar-refractivity contribution in [2.45, 2.75) is 31.9 Å². The summed E-state index contributed by atoms with van der Waals surface area (Å²) < 4.78 is 13.8. The first-order valence-corrected chi connectivity index (χ1v) is 6.37. The summed E-state index contributed by atoms with van der Waals surface area (Å²) in [5.41, 5.74) is 0.505. The average molecular weight is 212 g/mol. The predicted molar refractivity (Wildman–Crippen MR) is 58.5 cm³/mol. The minimum Gasteiger partial charge on any atom is -0.316 e. The fourth-order valence-electron chi connectivity index (χ4n) is 3.76. The molecule has 4 atom stereocenters. The normalized spacial score (nSPS) is 50.6. The van der Waals surface area contributed by atoms with E-state index in [9.17, 15) is 4.39 Å². The summed E-state index contributed by atoms with van der Waals surface area (Å²) in [5.74, 6) is 1.04. The van der Waals surface area contributed by atoms with Crippen LogP contribution in [0.4, 0.5) is 4.39 Å². The second-order valence-electron chi connectivity index (χ2n) is 5.63. The van der Waals surface area contributed by atoms with Crippen LogP contribution in [0.3, 0.4) is 0 Å². The van der Waals surface area contributed by atoms with E-state index in [2.05, 4.69) is 10.6 Å². The Morgan fingerprint density at radius 2 is 2.13 bits per heavy atom. The Bertz CT molecular complexity index is 238. The van der Waals surface area contributed by atoms with E-state index in [1.807, 2.05) is 0 Å². The first-order valence-electron chi connectivity index (χ1n) is 6.37. The molecule has 3 fully saturated rings. The van der Waals surface area contributed by atoms with Gasteiger partial charge < -0.3 is 10.6 Å². The van der Waals surface area contributed by atoms with Crippen molar-refractivity contribution in [1.29, 1.82) is 0 Å².